The Balaban J connectivity index is 0.000000362. The van der Waals surface area contributed by atoms with Crippen molar-refractivity contribution in [3.05, 3.63) is 120 Å². The fourth-order valence-electron chi connectivity index (χ4n) is 11.1. The molecule has 2 aliphatic rings. The van der Waals surface area contributed by atoms with Crippen LogP contribution in [0.4, 0.5) is 0 Å². The number of carboxylic acid groups (broad SMARTS) is 1. The molecule has 4 aromatic rings. The first kappa shape index (κ1) is 80.5. The molecule has 0 aromatic heterocycles. The molecule has 0 bridgehead atoms. The summed E-state index contributed by atoms with van der Waals surface area (Å²) in [6.07, 6.45) is 4.22. The number of likely N-dealkylation sites (tertiary alicyclic amines) is 2. The van der Waals surface area contributed by atoms with E-state index in [2.05, 4.69) is 13.2 Å². The number of ketones is 2. The number of carboxylic acids is 1. The molecule has 2 heterocycles. The van der Waals surface area contributed by atoms with E-state index in [1.54, 1.807) is 93.6 Å². The summed E-state index contributed by atoms with van der Waals surface area (Å²) in [6, 6.07) is 18.2. The molecule has 6 rings (SSSR count). The summed E-state index contributed by atoms with van der Waals surface area (Å²) in [5.74, 6) is -4.32. The number of carbonyl (C=O) groups excluding carboxylic acids is 9. The Hall–Kier alpha value is -10.1. The van der Waals surface area contributed by atoms with E-state index in [0.717, 1.165) is 12.2 Å². The summed E-state index contributed by atoms with van der Waals surface area (Å²) in [5.41, 5.74) is -0.960. The summed E-state index contributed by atoms with van der Waals surface area (Å²) in [4.78, 5) is 131. The largest absolute Gasteiger partial charge is 0.496 e. The fraction of sp³-hybridized carbons (Fsp3) is 0.486. The van der Waals surface area contributed by atoms with Crippen LogP contribution >= 0.6 is 0 Å². The van der Waals surface area contributed by atoms with Crippen LogP contribution in [0.5, 0.6) is 46.0 Å². The number of hydrogen-bond donors (Lipinski definition) is 1. The smallest absolute Gasteiger partial charge is 0.344 e. The predicted octanol–water partition coefficient (Wildman–Crippen LogP) is 9.45. The number of methoxy groups -OCH3 is 6. The van der Waals surface area contributed by atoms with Crippen molar-refractivity contribution in [2.24, 2.45) is 10.8 Å². The van der Waals surface area contributed by atoms with Crippen LogP contribution in [-0.2, 0) is 84.5 Å². The summed E-state index contributed by atoms with van der Waals surface area (Å²) < 4.78 is 72.3. The van der Waals surface area contributed by atoms with Crippen molar-refractivity contribution >= 4 is 59.2 Å². The Morgan fingerprint density at radius 3 is 1.25 bits per heavy atom. The maximum atomic E-state index is 14.0. The first-order valence-corrected chi connectivity index (χ1v) is 32.6. The lowest BCUT2D eigenvalue weighted by Gasteiger charge is -2.36. The SMILES string of the molecule is C=CC(=O)OCC(C)(C)C(=O)C(=O)N1CCCC[C@H]1C(=O)O[C@H](CCc1c(OC)ccc(OC)c1OC)c1cccc(OCC(=O)O)c1.C=CC(=O)OCC(C)(C)C(=O)C(=O)N1CCCC[C@H]1C(=O)O[C@H](CCc1c(OC)ccc(OC)c1OC)c1cccc(OCC(=O)OC(C)(C)C)c1. The van der Waals surface area contributed by atoms with Gasteiger partial charge in [0.15, 0.2) is 36.2 Å². The van der Waals surface area contributed by atoms with E-state index < -0.39 is 107 Å². The van der Waals surface area contributed by atoms with E-state index in [4.69, 9.17) is 66.7 Å². The Bertz CT molecular complexity index is 3570. The Morgan fingerprint density at radius 1 is 0.520 bits per heavy atom. The maximum absolute atomic E-state index is 14.0. The van der Waals surface area contributed by atoms with Gasteiger partial charge in [0.25, 0.3) is 11.8 Å². The van der Waals surface area contributed by atoms with Crippen LogP contribution in [0.1, 0.15) is 134 Å². The van der Waals surface area contributed by atoms with Gasteiger partial charge in [0, 0.05) is 36.4 Å². The summed E-state index contributed by atoms with van der Waals surface area (Å²) >= 11 is 0. The van der Waals surface area contributed by atoms with Crippen molar-refractivity contribution in [2.75, 3.05) is 82.2 Å². The Kier molecular flexibility index (Phi) is 30.4. The van der Waals surface area contributed by atoms with Gasteiger partial charge in [0.2, 0.25) is 11.6 Å². The number of ether oxygens (including phenoxy) is 13. The minimum atomic E-state index is -1.35. The quantitative estimate of drug-likeness (QED) is 0.0197. The lowest BCUT2D eigenvalue weighted by atomic mass is 9.87. The van der Waals surface area contributed by atoms with Gasteiger partial charge >= 0.3 is 35.8 Å². The van der Waals surface area contributed by atoms with Crippen molar-refractivity contribution in [1.29, 1.82) is 0 Å². The summed E-state index contributed by atoms with van der Waals surface area (Å²) in [7, 11) is 9.12. The average molecular weight is 1400 g/mol. The highest BCUT2D eigenvalue weighted by atomic mass is 16.6. The van der Waals surface area contributed by atoms with Crippen LogP contribution in [0.2, 0.25) is 0 Å². The second kappa shape index (κ2) is 37.7. The van der Waals surface area contributed by atoms with Crippen molar-refractivity contribution < 1.29 is 115 Å². The minimum absolute atomic E-state index is 0.161. The van der Waals surface area contributed by atoms with Gasteiger partial charge in [-0.15, -0.1) is 0 Å². The van der Waals surface area contributed by atoms with Crippen LogP contribution in [0.3, 0.4) is 0 Å². The lowest BCUT2D eigenvalue weighted by Crippen LogP contribution is -2.53. The molecule has 0 radical (unpaired) electrons. The monoisotopic (exact) mass is 1390 g/mol. The van der Waals surface area contributed by atoms with Crippen LogP contribution in [0.15, 0.2) is 98.1 Å². The Morgan fingerprint density at radius 2 is 0.900 bits per heavy atom. The van der Waals surface area contributed by atoms with Crippen LogP contribution in [-0.4, -0.2) is 174 Å². The third-order valence-corrected chi connectivity index (χ3v) is 16.3. The first-order valence-electron chi connectivity index (χ1n) is 32.6. The number of amides is 2. The zero-order valence-corrected chi connectivity index (χ0v) is 59.4. The molecule has 26 heteroatoms. The summed E-state index contributed by atoms with van der Waals surface area (Å²) in [5, 5.41) is 9.08. The molecule has 2 fully saturated rings. The van der Waals surface area contributed by atoms with Gasteiger partial charge < -0.3 is 76.5 Å². The number of Topliss-reactive ketones (excluding diaryl/α,β-unsaturated/α-hetero) is 2. The molecular formula is C74H94N2O24. The second-order valence-electron chi connectivity index (χ2n) is 25.7. The zero-order valence-electron chi connectivity index (χ0n) is 59.4. The molecule has 26 nitrogen and oxygen atoms in total. The molecule has 0 unspecified atom stereocenters. The molecule has 1 N–H and O–H groups in total. The van der Waals surface area contributed by atoms with Crippen molar-refractivity contribution in [3.8, 4) is 46.0 Å². The molecule has 100 heavy (non-hydrogen) atoms. The number of hydrogen-bond acceptors (Lipinski definition) is 23. The van der Waals surface area contributed by atoms with E-state index in [9.17, 15) is 47.9 Å². The fourth-order valence-corrected chi connectivity index (χ4v) is 11.1. The number of carbonyl (C=O) groups is 10. The van der Waals surface area contributed by atoms with Crippen molar-refractivity contribution in [2.45, 2.75) is 143 Å². The zero-order chi connectivity index (χ0) is 74.1. The first-order chi connectivity index (χ1) is 47.4. The molecule has 2 aliphatic heterocycles. The molecule has 4 atom stereocenters. The van der Waals surface area contributed by atoms with Crippen LogP contribution in [0, 0.1) is 10.8 Å². The molecule has 0 saturated carbocycles. The minimum Gasteiger partial charge on any atom is -0.496 e. The maximum Gasteiger partial charge on any atom is 0.344 e. The number of benzene rings is 4. The second-order valence-corrected chi connectivity index (χ2v) is 25.7. The van der Waals surface area contributed by atoms with Crippen LogP contribution in [0.25, 0.3) is 0 Å². The standard InChI is InChI=1S/C39H51NO12.C35H43NO12/c1-10-32(41)50-24-39(5,6)35(43)36(44)40-21-12-11-16-28(40)37(45)51-29(18-17-27-30(46-7)19-20-31(47-8)34(27)48-9)25-14-13-15-26(22-25)49-23-33(42)52-38(2,3)4;1-7-30(39)47-21-35(2,3)32(40)33(41)36-18-9-8-13-25(36)34(42)48-26(22-11-10-12-23(19-22)46-20-29(37)38)15-14-24-27(43-4)16-17-28(44-5)31(24)45-6/h10,13-15,19-20,22,28-29H,1,11-12,16-18,21,23-24H2,2-9H3;7,10-12,16-17,19,25-26H,1,8-9,13-15,18,20-21H2,2-6H3,(H,37,38)/t28-,29+;25-,26+/m00/s1. The number of piperidine rings is 2. The van der Waals surface area contributed by atoms with Gasteiger partial charge in [-0.05, 0) is 172 Å². The third kappa shape index (κ3) is 22.7. The average Bonchev–Trinajstić information content (AvgIpc) is 0.820. The van der Waals surface area contributed by atoms with E-state index in [1.165, 1.54) is 80.2 Å². The third-order valence-electron chi connectivity index (χ3n) is 16.3. The molecule has 4 aromatic carbocycles. The lowest BCUT2D eigenvalue weighted by molar-refractivity contribution is -0.165. The van der Waals surface area contributed by atoms with E-state index in [1.807, 2.05) is 0 Å². The van der Waals surface area contributed by atoms with Gasteiger partial charge in [0.05, 0.1) is 53.5 Å². The highest BCUT2D eigenvalue weighted by Gasteiger charge is 2.45. The van der Waals surface area contributed by atoms with E-state index >= 15 is 0 Å². The van der Waals surface area contributed by atoms with Gasteiger partial charge in [-0.25, -0.2) is 28.8 Å². The number of nitrogens with zero attached hydrogens (tertiary/aromatic N) is 2. The number of aliphatic carboxylic acids is 1. The molecule has 544 valence electrons. The highest BCUT2D eigenvalue weighted by Crippen LogP contribution is 2.42. The van der Waals surface area contributed by atoms with E-state index in [-0.39, 0.29) is 64.3 Å². The molecule has 2 amide bonds. The van der Waals surface area contributed by atoms with Crippen molar-refractivity contribution in [3.63, 3.8) is 0 Å². The van der Waals surface area contributed by atoms with Crippen molar-refractivity contribution in [1.82, 2.24) is 9.80 Å². The number of esters is 5. The molecule has 0 aliphatic carbocycles. The van der Waals surface area contributed by atoms with Crippen LogP contribution < -0.4 is 37.9 Å². The topological polar surface area (TPSA) is 317 Å². The molecule has 0 spiro atoms. The number of rotatable bonds is 34. The Labute approximate surface area is 583 Å². The summed E-state index contributed by atoms with van der Waals surface area (Å²) in [6.45, 7) is 16.7. The van der Waals surface area contributed by atoms with Gasteiger partial charge in [0.1, 0.15) is 66.1 Å². The molecular weight excluding hydrogens is 1300 g/mol. The van der Waals surface area contributed by atoms with E-state index in [0.29, 0.717) is 101 Å². The molecule has 2 saturated heterocycles. The van der Waals surface area contributed by atoms with Gasteiger partial charge in [-0.2, -0.15) is 0 Å². The van der Waals surface area contributed by atoms with Gasteiger partial charge in [-0.3, -0.25) is 19.2 Å². The normalized spacial score (nSPS) is 15.1. The highest BCUT2D eigenvalue weighted by molar-refractivity contribution is 6.39. The predicted molar refractivity (Wildman–Crippen MR) is 362 cm³/mol. The van der Waals surface area contributed by atoms with Gasteiger partial charge in [-0.1, -0.05) is 37.4 Å².